The lowest BCUT2D eigenvalue weighted by Crippen LogP contribution is -2.37. The van der Waals surface area contributed by atoms with Crippen molar-refractivity contribution in [1.82, 2.24) is 10.0 Å². The van der Waals surface area contributed by atoms with E-state index in [1.54, 1.807) is 18.2 Å². The molecule has 0 saturated carbocycles. The zero-order valence-corrected chi connectivity index (χ0v) is 18.3. The van der Waals surface area contributed by atoms with E-state index < -0.39 is 16.1 Å². The van der Waals surface area contributed by atoms with Gasteiger partial charge in [-0.15, -0.1) is 0 Å². The third-order valence-corrected chi connectivity index (χ3v) is 6.71. The van der Waals surface area contributed by atoms with Crippen molar-refractivity contribution in [2.45, 2.75) is 50.1 Å². The number of sulfonamides is 1. The number of amidine groups is 1. The van der Waals surface area contributed by atoms with Crippen LogP contribution in [0.1, 0.15) is 50.5 Å². The molecule has 1 aliphatic rings. The molecule has 1 aromatic heterocycles. The van der Waals surface area contributed by atoms with E-state index in [1.807, 2.05) is 44.2 Å². The van der Waals surface area contributed by atoms with Crippen LogP contribution < -0.4 is 10.0 Å². The molecule has 2 unspecified atom stereocenters. The third-order valence-electron chi connectivity index (χ3n) is 5.31. The van der Waals surface area contributed by atoms with Crippen LogP contribution in [-0.4, -0.2) is 26.2 Å². The van der Waals surface area contributed by atoms with E-state index in [-0.39, 0.29) is 22.7 Å². The number of amides is 1. The van der Waals surface area contributed by atoms with Crippen LogP contribution in [0.3, 0.4) is 0 Å². The molecule has 31 heavy (non-hydrogen) atoms. The maximum Gasteiger partial charge on any atom is 0.263 e. The number of carbonyl (C=O) groups is 1. The van der Waals surface area contributed by atoms with Crippen molar-refractivity contribution in [2.24, 2.45) is 4.99 Å². The molecule has 0 radical (unpaired) electrons. The first-order valence-corrected chi connectivity index (χ1v) is 11.9. The second-order valence-electron chi connectivity index (χ2n) is 7.65. The fourth-order valence-corrected chi connectivity index (χ4v) is 4.87. The van der Waals surface area contributed by atoms with Crippen LogP contribution >= 0.6 is 0 Å². The molecule has 2 aromatic carbocycles. The lowest BCUT2D eigenvalue weighted by atomic mass is 10.1. The van der Waals surface area contributed by atoms with Crippen molar-refractivity contribution in [2.75, 3.05) is 0 Å². The summed E-state index contributed by atoms with van der Waals surface area (Å²) in [5.41, 5.74) is 1.25. The summed E-state index contributed by atoms with van der Waals surface area (Å²) < 4.78 is 33.1. The standard InChI is InChI=1S/C23H25N3O4S/c1-3-4-11-18(25-22-17-10-6-8-13-21(17)31(28,29)26-22)23(27)24-15(2)20-14-16-9-5-7-12-19(16)30-20/h5-10,12-15,18H,3-4,11H2,1-2H3,(H,24,27)(H,25,26). The van der Waals surface area contributed by atoms with Gasteiger partial charge in [0.1, 0.15) is 23.2 Å². The number of carbonyl (C=O) groups excluding carboxylic acids is 1. The second kappa shape index (κ2) is 8.55. The number of nitrogens with one attached hydrogen (secondary N) is 2. The van der Waals surface area contributed by atoms with E-state index in [4.69, 9.17) is 4.42 Å². The van der Waals surface area contributed by atoms with Gasteiger partial charge in [0.25, 0.3) is 10.0 Å². The summed E-state index contributed by atoms with van der Waals surface area (Å²) in [6.45, 7) is 3.89. The molecule has 4 rings (SSSR count). The molecule has 0 saturated heterocycles. The topological polar surface area (TPSA) is 101 Å². The molecule has 0 aliphatic carbocycles. The molecular weight excluding hydrogens is 414 g/mol. The number of fused-ring (bicyclic) bond motifs is 2. The van der Waals surface area contributed by atoms with Gasteiger partial charge in [-0.1, -0.05) is 50.1 Å². The fraction of sp³-hybridized carbons (Fsp3) is 0.304. The quantitative estimate of drug-likeness (QED) is 0.583. The highest BCUT2D eigenvalue weighted by Crippen LogP contribution is 2.25. The minimum absolute atomic E-state index is 0.180. The fourth-order valence-electron chi connectivity index (χ4n) is 3.63. The Morgan fingerprint density at radius 2 is 1.90 bits per heavy atom. The van der Waals surface area contributed by atoms with Gasteiger partial charge >= 0.3 is 0 Å². The first-order chi connectivity index (χ1) is 14.9. The predicted octanol–water partition coefficient (Wildman–Crippen LogP) is 3.91. The molecule has 2 N–H and O–H groups in total. The molecule has 0 fully saturated rings. The summed E-state index contributed by atoms with van der Waals surface area (Å²) in [6, 6.07) is 15.2. The van der Waals surface area contributed by atoms with E-state index >= 15 is 0 Å². The normalized spacial score (nSPS) is 17.8. The summed E-state index contributed by atoms with van der Waals surface area (Å²) in [5.74, 6) is 0.601. The van der Waals surface area contributed by atoms with Gasteiger partial charge < -0.3 is 9.73 Å². The summed E-state index contributed by atoms with van der Waals surface area (Å²) in [6.07, 6.45) is 2.21. The van der Waals surface area contributed by atoms with E-state index in [0.29, 0.717) is 17.7 Å². The molecule has 7 nitrogen and oxygen atoms in total. The van der Waals surface area contributed by atoms with E-state index in [1.165, 1.54) is 6.07 Å². The molecule has 1 aliphatic heterocycles. The van der Waals surface area contributed by atoms with Crippen molar-refractivity contribution in [3.05, 3.63) is 65.9 Å². The Kier molecular flexibility index (Phi) is 5.82. The maximum absolute atomic E-state index is 13.1. The highest BCUT2D eigenvalue weighted by atomic mass is 32.2. The number of hydrogen-bond donors (Lipinski definition) is 2. The zero-order valence-electron chi connectivity index (χ0n) is 17.5. The Morgan fingerprint density at radius 3 is 2.68 bits per heavy atom. The van der Waals surface area contributed by atoms with Gasteiger partial charge in [0.2, 0.25) is 5.91 Å². The molecule has 2 heterocycles. The minimum Gasteiger partial charge on any atom is -0.459 e. The van der Waals surface area contributed by atoms with Crippen LogP contribution in [0.4, 0.5) is 0 Å². The Morgan fingerprint density at radius 1 is 1.16 bits per heavy atom. The van der Waals surface area contributed by atoms with Crippen molar-refractivity contribution in [3.8, 4) is 0 Å². The molecule has 0 spiro atoms. The average molecular weight is 440 g/mol. The van der Waals surface area contributed by atoms with Crippen LogP contribution in [-0.2, 0) is 14.8 Å². The summed E-state index contributed by atoms with van der Waals surface area (Å²) >= 11 is 0. The molecular formula is C23H25N3O4S. The first kappa shape index (κ1) is 21.1. The smallest absolute Gasteiger partial charge is 0.263 e. The monoisotopic (exact) mass is 439 g/mol. The van der Waals surface area contributed by atoms with Crippen molar-refractivity contribution >= 4 is 32.7 Å². The second-order valence-corrected chi connectivity index (χ2v) is 9.31. The Bertz CT molecular complexity index is 1210. The number of rotatable bonds is 7. The number of para-hydroxylation sites is 1. The largest absolute Gasteiger partial charge is 0.459 e. The summed E-state index contributed by atoms with van der Waals surface area (Å²) in [5, 5.41) is 3.94. The van der Waals surface area contributed by atoms with Crippen molar-refractivity contribution in [3.63, 3.8) is 0 Å². The van der Waals surface area contributed by atoms with E-state index in [9.17, 15) is 13.2 Å². The highest BCUT2D eigenvalue weighted by molar-refractivity contribution is 7.90. The van der Waals surface area contributed by atoms with Gasteiger partial charge in [0, 0.05) is 10.9 Å². The number of unbranched alkanes of at least 4 members (excludes halogenated alkanes) is 1. The van der Waals surface area contributed by atoms with Gasteiger partial charge in [0.15, 0.2) is 0 Å². The molecule has 8 heteroatoms. The molecule has 3 aromatic rings. The Labute approximate surface area is 181 Å². The van der Waals surface area contributed by atoms with Crippen LogP contribution in [0, 0.1) is 0 Å². The molecule has 162 valence electrons. The highest BCUT2D eigenvalue weighted by Gasteiger charge is 2.32. The average Bonchev–Trinajstić information content (AvgIpc) is 3.30. The predicted molar refractivity (Wildman–Crippen MR) is 119 cm³/mol. The number of furan rings is 1. The van der Waals surface area contributed by atoms with E-state index in [2.05, 4.69) is 15.0 Å². The number of hydrogen-bond acceptors (Lipinski definition) is 5. The van der Waals surface area contributed by atoms with Crippen molar-refractivity contribution in [1.29, 1.82) is 0 Å². The van der Waals surface area contributed by atoms with Gasteiger partial charge in [-0.2, -0.15) is 0 Å². The lowest BCUT2D eigenvalue weighted by Gasteiger charge is -2.17. The summed E-state index contributed by atoms with van der Waals surface area (Å²) in [7, 11) is -3.65. The van der Waals surface area contributed by atoms with Crippen LogP contribution in [0.2, 0.25) is 0 Å². The Balaban J connectivity index is 1.57. The van der Waals surface area contributed by atoms with Gasteiger partial charge in [-0.05, 0) is 37.6 Å². The van der Waals surface area contributed by atoms with Gasteiger partial charge in [-0.3, -0.25) is 14.5 Å². The molecule has 2 atom stereocenters. The maximum atomic E-state index is 13.1. The molecule has 1 amide bonds. The molecule has 0 bridgehead atoms. The van der Waals surface area contributed by atoms with Crippen LogP contribution in [0.25, 0.3) is 11.0 Å². The van der Waals surface area contributed by atoms with Crippen LogP contribution in [0.5, 0.6) is 0 Å². The van der Waals surface area contributed by atoms with Gasteiger partial charge in [0.05, 0.1) is 10.9 Å². The summed E-state index contributed by atoms with van der Waals surface area (Å²) in [4.78, 5) is 17.8. The third kappa shape index (κ3) is 4.34. The van der Waals surface area contributed by atoms with E-state index in [0.717, 1.165) is 23.8 Å². The Hall–Kier alpha value is -3.13. The van der Waals surface area contributed by atoms with Crippen LogP contribution in [0.15, 0.2) is 68.9 Å². The van der Waals surface area contributed by atoms with Crippen molar-refractivity contribution < 1.29 is 17.6 Å². The van der Waals surface area contributed by atoms with Gasteiger partial charge in [-0.25, -0.2) is 8.42 Å². The lowest BCUT2D eigenvalue weighted by molar-refractivity contribution is -0.123. The SMILES string of the molecule is CCCCC(N=C1NS(=O)(=O)c2ccccc21)C(=O)NC(C)c1cc2ccccc2o1. The number of benzene rings is 2. The zero-order chi connectivity index (χ0) is 22.0. The first-order valence-electron chi connectivity index (χ1n) is 10.4. The number of aliphatic imine (C=N–C) groups is 1. The minimum atomic E-state index is -3.65. The number of nitrogens with zero attached hydrogens (tertiary/aromatic N) is 1.